The van der Waals surface area contributed by atoms with Gasteiger partial charge in [0, 0.05) is 18.3 Å². The number of aryl methyl sites for hydroxylation is 2. The van der Waals surface area contributed by atoms with Gasteiger partial charge < -0.3 is 14.4 Å². The van der Waals surface area contributed by atoms with Crippen LogP contribution in [0.1, 0.15) is 36.4 Å². The van der Waals surface area contributed by atoms with E-state index in [0.29, 0.717) is 47.7 Å². The third-order valence-corrected chi connectivity index (χ3v) is 7.89. The third-order valence-electron chi connectivity index (χ3n) is 5.67. The Morgan fingerprint density at radius 3 is 2.70 bits per heavy atom. The minimum atomic E-state index is -3.82. The molecule has 1 aliphatic heterocycles. The van der Waals surface area contributed by atoms with Crippen LogP contribution in [0.15, 0.2) is 47.4 Å². The molecule has 2 aromatic carbocycles. The average molecular weight is 543 g/mol. The van der Waals surface area contributed by atoms with Crippen molar-refractivity contribution in [2.75, 3.05) is 29.9 Å². The van der Waals surface area contributed by atoms with Crippen LogP contribution in [0.4, 0.5) is 10.8 Å². The zero-order valence-corrected chi connectivity index (χ0v) is 22.9. The maximum absolute atomic E-state index is 13.1. The molecule has 1 aliphatic rings. The number of hydrogen-bond acceptors (Lipinski definition) is 8. The molecule has 0 atom stereocenters. The van der Waals surface area contributed by atoms with Crippen molar-refractivity contribution in [3.05, 3.63) is 58.6 Å². The van der Waals surface area contributed by atoms with Gasteiger partial charge in [-0.05, 0) is 73.2 Å². The number of carbonyl (C=O) groups excluding carboxylic acids is 1. The zero-order chi connectivity index (χ0) is 26.6. The molecule has 0 saturated heterocycles. The molecule has 0 saturated carbocycles. The molecule has 196 valence electrons. The van der Waals surface area contributed by atoms with Gasteiger partial charge in [0.25, 0.3) is 15.9 Å². The molecular weight excluding hydrogens is 512 g/mol. The molecule has 9 nitrogen and oxygen atoms in total. The molecule has 2 heterocycles. The van der Waals surface area contributed by atoms with Gasteiger partial charge in [0.1, 0.15) is 5.01 Å². The normalized spacial score (nSPS) is 13.6. The summed E-state index contributed by atoms with van der Waals surface area (Å²) in [5, 5.41) is 8.55. The number of methoxy groups -OCH3 is 1. The van der Waals surface area contributed by atoms with E-state index < -0.39 is 10.0 Å². The van der Waals surface area contributed by atoms with Gasteiger partial charge in [-0.2, -0.15) is 0 Å². The highest BCUT2D eigenvalue weighted by molar-refractivity contribution is 7.93. The second-order valence-corrected chi connectivity index (χ2v) is 11.9. The van der Waals surface area contributed by atoms with E-state index in [9.17, 15) is 13.2 Å². The van der Waals surface area contributed by atoms with Crippen molar-refractivity contribution in [2.45, 2.75) is 38.5 Å². The number of amides is 1. The van der Waals surface area contributed by atoms with Crippen LogP contribution in [-0.2, 0) is 21.2 Å². The van der Waals surface area contributed by atoms with Crippen LogP contribution in [-0.4, -0.2) is 44.8 Å². The minimum absolute atomic E-state index is 0.121. The van der Waals surface area contributed by atoms with Gasteiger partial charge in [0.05, 0.1) is 18.6 Å². The number of hydrogen-bond donors (Lipinski definition) is 1. The molecule has 0 bridgehead atoms. The van der Waals surface area contributed by atoms with Crippen molar-refractivity contribution in [3.63, 3.8) is 0 Å². The summed E-state index contributed by atoms with van der Waals surface area (Å²) in [5.74, 6) is 1.47. The summed E-state index contributed by atoms with van der Waals surface area (Å²) in [4.78, 5) is 14.9. The maximum Gasteiger partial charge on any atom is 0.263 e. The van der Waals surface area contributed by atoms with Gasteiger partial charge in [0.15, 0.2) is 11.5 Å². The fourth-order valence-corrected chi connectivity index (χ4v) is 5.77. The first-order valence-corrected chi connectivity index (χ1v) is 14.2. The predicted molar refractivity (Wildman–Crippen MR) is 145 cm³/mol. The third kappa shape index (κ3) is 6.47. The first-order chi connectivity index (χ1) is 17.7. The van der Waals surface area contributed by atoms with Crippen LogP contribution in [0, 0.1) is 12.8 Å². The summed E-state index contributed by atoms with van der Waals surface area (Å²) in [6.45, 7) is 7.04. The quantitative estimate of drug-likeness (QED) is 0.391. The van der Waals surface area contributed by atoms with Crippen molar-refractivity contribution in [1.82, 2.24) is 10.2 Å². The predicted octanol–water partition coefficient (Wildman–Crippen LogP) is 4.68. The van der Waals surface area contributed by atoms with Gasteiger partial charge in [-0.25, -0.2) is 8.42 Å². The molecule has 1 aromatic heterocycles. The van der Waals surface area contributed by atoms with Crippen LogP contribution in [0.2, 0.25) is 0 Å². The van der Waals surface area contributed by atoms with Crippen LogP contribution in [0.25, 0.3) is 6.08 Å². The number of rotatable bonds is 9. The molecule has 37 heavy (non-hydrogen) atoms. The van der Waals surface area contributed by atoms with Crippen LogP contribution in [0.3, 0.4) is 0 Å². The number of fused-ring (bicyclic) bond motifs is 1. The Morgan fingerprint density at radius 2 is 2.00 bits per heavy atom. The number of benzene rings is 2. The summed E-state index contributed by atoms with van der Waals surface area (Å²) in [5.41, 5.74) is 2.32. The zero-order valence-electron chi connectivity index (χ0n) is 21.2. The van der Waals surface area contributed by atoms with Crippen molar-refractivity contribution in [2.24, 2.45) is 5.92 Å². The Hall–Kier alpha value is -3.44. The first kappa shape index (κ1) is 26.6. The number of nitrogens with one attached hydrogen (secondary N) is 1. The number of sulfonamides is 1. The van der Waals surface area contributed by atoms with Gasteiger partial charge in [0.2, 0.25) is 5.13 Å². The maximum atomic E-state index is 13.1. The topological polar surface area (TPSA) is 111 Å². The number of carbonyl (C=O) groups is 1. The largest absolute Gasteiger partial charge is 0.493 e. The minimum Gasteiger partial charge on any atom is -0.493 e. The van der Waals surface area contributed by atoms with Crippen molar-refractivity contribution in [1.29, 1.82) is 0 Å². The van der Waals surface area contributed by atoms with E-state index in [1.807, 2.05) is 18.2 Å². The molecule has 3 aromatic rings. The Balaban J connectivity index is 1.50. The van der Waals surface area contributed by atoms with E-state index in [4.69, 9.17) is 9.47 Å². The van der Waals surface area contributed by atoms with E-state index in [-0.39, 0.29) is 15.9 Å². The summed E-state index contributed by atoms with van der Waals surface area (Å²) in [6.07, 6.45) is 4.66. The molecular formula is C26H30N4O5S2. The lowest BCUT2D eigenvalue weighted by Crippen LogP contribution is -2.34. The van der Waals surface area contributed by atoms with E-state index in [2.05, 4.69) is 28.8 Å². The Kier molecular flexibility index (Phi) is 8.13. The average Bonchev–Trinajstić information content (AvgIpc) is 3.28. The highest BCUT2D eigenvalue weighted by Crippen LogP contribution is 2.32. The summed E-state index contributed by atoms with van der Waals surface area (Å²) >= 11 is 1.16. The van der Waals surface area contributed by atoms with Crippen molar-refractivity contribution in [3.8, 4) is 11.5 Å². The van der Waals surface area contributed by atoms with E-state index in [1.54, 1.807) is 37.1 Å². The van der Waals surface area contributed by atoms with E-state index in [0.717, 1.165) is 28.9 Å². The lowest BCUT2D eigenvalue weighted by Gasteiger charge is -2.29. The second kappa shape index (κ2) is 11.3. The monoisotopic (exact) mass is 542 g/mol. The standard InChI is InChI=1S/C26H30N4O5S2/c1-17(2)16-35-23-11-7-19(14-24(23)34-4)8-12-25(31)30-13-5-6-20-15-21(9-10-22(20)30)37(32,33)29-26-28-27-18(3)36-26/h7-12,14-15,17H,5-6,13,16H2,1-4H3,(H,28,29)/b12-8+. The molecule has 0 spiro atoms. The number of nitrogens with zero attached hydrogens (tertiary/aromatic N) is 3. The lowest BCUT2D eigenvalue weighted by molar-refractivity contribution is -0.114. The van der Waals surface area contributed by atoms with Gasteiger partial charge in [-0.3, -0.25) is 9.52 Å². The van der Waals surface area contributed by atoms with E-state index >= 15 is 0 Å². The Morgan fingerprint density at radius 1 is 1.19 bits per heavy atom. The fourth-order valence-electron chi connectivity index (χ4n) is 3.90. The highest BCUT2D eigenvalue weighted by Gasteiger charge is 2.24. The molecule has 11 heteroatoms. The lowest BCUT2D eigenvalue weighted by atomic mass is 10.0. The van der Waals surface area contributed by atoms with Crippen molar-refractivity contribution >= 4 is 44.2 Å². The molecule has 1 N–H and O–H groups in total. The second-order valence-electron chi connectivity index (χ2n) is 9.06. The summed E-state index contributed by atoms with van der Waals surface area (Å²) in [7, 11) is -2.24. The van der Waals surface area contributed by atoms with Gasteiger partial charge >= 0.3 is 0 Å². The molecule has 0 unspecified atom stereocenters. The highest BCUT2D eigenvalue weighted by atomic mass is 32.2. The Bertz CT molecular complexity index is 1420. The van der Waals surface area contributed by atoms with Crippen LogP contribution < -0.4 is 19.1 Å². The van der Waals surface area contributed by atoms with Gasteiger partial charge in [-0.15, -0.1) is 10.2 Å². The van der Waals surface area contributed by atoms with Crippen molar-refractivity contribution < 1.29 is 22.7 Å². The summed E-state index contributed by atoms with van der Waals surface area (Å²) < 4.78 is 39.4. The van der Waals surface area contributed by atoms with Crippen LogP contribution >= 0.6 is 11.3 Å². The first-order valence-electron chi connectivity index (χ1n) is 11.9. The van der Waals surface area contributed by atoms with Gasteiger partial charge in [-0.1, -0.05) is 31.3 Å². The van der Waals surface area contributed by atoms with E-state index in [1.165, 1.54) is 12.1 Å². The summed E-state index contributed by atoms with van der Waals surface area (Å²) in [6, 6.07) is 10.3. The number of aromatic nitrogens is 2. The molecule has 1 amide bonds. The number of anilines is 2. The SMILES string of the molecule is COc1cc(/C=C/C(=O)N2CCCc3cc(S(=O)(=O)Nc4nnc(C)s4)ccc32)ccc1OCC(C)C. The molecule has 0 fully saturated rings. The molecule has 0 radical (unpaired) electrons. The fraction of sp³-hybridized carbons (Fsp3) is 0.346. The van der Waals surface area contributed by atoms with Crippen LogP contribution in [0.5, 0.6) is 11.5 Å². The molecule has 4 rings (SSSR count). The smallest absolute Gasteiger partial charge is 0.263 e. The Labute approximate surface area is 221 Å². The molecule has 0 aliphatic carbocycles. The number of ether oxygens (including phenoxy) is 2.